The molecule has 5 heteroatoms. The van der Waals surface area contributed by atoms with E-state index in [1.54, 1.807) is 12.4 Å². The van der Waals surface area contributed by atoms with Crippen molar-refractivity contribution in [2.24, 2.45) is 5.73 Å². The van der Waals surface area contributed by atoms with Crippen molar-refractivity contribution < 1.29 is 4.79 Å². The van der Waals surface area contributed by atoms with E-state index in [-0.39, 0.29) is 18.0 Å². The van der Waals surface area contributed by atoms with Gasteiger partial charge in [-0.25, -0.2) is 0 Å². The Bertz CT molecular complexity index is 928. The van der Waals surface area contributed by atoms with E-state index in [4.69, 9.17) is 5.73 Å². The fourth-order valence-corrected chi connectivity index (χ4v) is 3.77. The standard InChI is InChI=1S/C22H24N4O/c23-20-11-21(22(27)25-13-17-4-3-9-24-12-17)26(15-20)14-16-7-8-18-5-1-2-6-19(18)10-16/h1-10,12,20-21H,11,13-15,23H2,(H,25,27)/t20-,21+/m1/s1. The average Bonchev–Trinajstić information content (AvgIpc) is 3.07. The molecule has 4 rings (SSSR count). The monoisotopic (exact) mass is 360 g/mol. The first kappa shape index (κ1) is 17.6. The summed E-state index contributed by atoms with van der Waals surface area (Å²) in [6.45, 7) is 1.95. The zero-order valence-electron chi connectivity index (χ0n) is 15.2. The van der Waals surface area contributed by atoms with Gasteiger partial charge in [-0.1, -0.05) is 42.5 Å². The number of fused-ring (bicyclic) bond motifs is 1. The molecule has 0 spiro atoms. The van der Waals surface area contributed by atoms with E-state index in [0.717, 1.165) is 18.7 Å². The highest BCUT2D eigenvalue weighted by Crippen LogP contribution is 2.22. The lowest BCUT2D eigenvalue weighted by molar-refractivity contribution is -0.125. The number of carbonyl (C=O) groups excluding carboxylic acids is 1. The summed E-state index contributed by atoms with van der Waals surface area (Å²) < 4.78 is 0. The minimum atomic E-state index is -0.192. The van der Waals surface area contributed by atoms with Crippen molar-refractivity contribution in [2.45, 2.75) is 31.6 Å². The second kappa shape index (κ2) is 7.86. The van der Waals surface area contributed by atoms with E-state index in [2.05, 4.69) is 45.5 Å². The lowest BCUT2D eigenvalue weighted by Gasteiger charge is -2.23. The predicted octanol–water partition coefficient (Wildman–Crippen LogP) is 2.45. The highest BCUT2D eigenvalue weighted by molar-refractivity contribution is 5.83. The number of hydrogen-bond acceptors (Lipinski definition) is 4. The first-order valence-corrected chi connectivity index (χ1v) is 9.33. The Morgan fingerprint density at radius 1 is 1.11 bits per heavy atom. The van der Waals surface area contributed by atoms with Gasteiger partial charge in [0, 0.05) is 38.1 Å². The van der Waals surface area contributed by atoms with E-state index in [9.17, 15) is 4.79 Å². The van der Waals surface area contributed by atoms with Gasteiger partial charge in [-0.05, 0) is 40.5 Å². The third kappa shape index (κ3) is 4.15. The second-order valence-corrected chi connectivity index (χ2v) is 7.20. The van der Waals surface area contributed by atoms with Gasteiger partial charge in [-0.3, -0.25) is 14.7 Å². The molecule has 1 aromatic heterocycles. The maximum atomic E-state index is 12.7. The smallest absolute Gasteiger partial charge is 0.237 e. The molecule has 0 unspecified atom stereocenters. The molecule has 1 fully saturated rings. The maximum absolute atomic E-state index is 12.7. The first-order chi connectivity index (χ1) is 13.2. The molecule has 1 aliphatic heterocycles. The van der Waals surface area contributed by atoms with Crippen LogP contribution in [0.1, 0.15) is 17.5 Å². The number of carbonyl (C=O) groups is 1. The Kier molecular flexibility index (Phi) is 5.14. The fraction of sp³-hybridized carbons (Fsp3) is 0.273. The van der Waals surface area contributed by atoms with Gasteiger partial charge in [0.1, 0.15) is 0 Å². The lowest BCUT2D eigenvalue weighted by Crippen LogP contribution is -2.42. The van der Waals surface area contributed by atoms with Crippen molar-refractivity contribution in [3.05, 3.63) is 78.1 Å². The molecule has 3 N–H and O–H groups in total. The van der Waals surface area contributed by atoms with E-state index in [1.165, 1.54) is 16.3 Å². The molecule has 5 nitrogen and oxygen atoms in total. The lowest BCUT2D eigenvalue weighted by atomic mass is 10.1. The third-order valence-electron chi connectivity index (χ3n) is 5.13. The Balaban J connectivity index is 1.44. The average molecular weight is 360 g/mol. The van der Waals surface area contributed by atoms with Crippen molar-refractivity contribution in [1.82, 2.24) is 15.2 Å². The largest absolute Gasteiger partial charge is 0.351 e. The summed E-state index contributed by atoms with van der Waals surface area (Å²) in [5.41, 5.74) is 8.37. The molecule has 2 atom stereocenters. The number of hydrogen-bond donors (Lipinski definition) is 2. The van der Waals surface area contributed by atoms with Crippen LogP contribution in [0.3, 0.4) is 0 Å². The molecule has 1 saturated heterocycles. The zero-order chi connectivity index (χ0) is 18.6. The number of nitrogens with one attached hydrogen (secondary N) is 1. The van der Waals surface area contributed by atoms with Crippen molar-refractivity contribution in [3.8, 4) is 0 Å². The van der Waals surface area contributed by atoms with E-state index in [1.807, 2.05) is 24.3 Å². The molecule has 3 aromatic rings. The Labute approximate surface area is 159 Å². The van der Waals surface area contributed by atoms with Crippen LogP contribution < -0.4 is 11.1 Å². The molecule has 27 heavy (non-hydrogen) atoms. The van der Waals surface area contributed by atoms with Crippen molar-refractivity contribution in [2.75, 3.05) is 6.54 Å². The van der Waals surface area contributed by atoms with Crippen LogP contribution >= 0.6 is 0 Å². The van der Waals surface area contributed by atoms with Crippen LogP contribution in [0.5, 0.6) is 0 Å². The van der Waals surface area contributed by atoms with Crippen LogP contribution in [0.4, 0.5) is 0 Å². The van der Waals surface area contributed by atoms with Gasteiger partial charge in [-0.2, -0.15) is 0 Å². The van der Waals surface area contributed by atoms with Crippen molar-refractivity contribution >= 4 is 16.7 Å². The molecular weight excluding hydrogens is 336 g/mol. The summed E-state index contributed by atoms with van der Waals surface area (Å²) in [6.07, 6.45) is 4.19. The molecule has 0 bridgehead atoms. The van der Waals surface area contributed by atoms with Crippen LogP contribution in [0.2, 0.25) is 0 Å². The number of likely N-dealkylation sites (tertiary alicyclic amines) is 1. The minimum Gasteiger partial charge on any atom is -0.351 e. The minimum absolute atomic E-state index is 0.0274. The molecular formula is C22H24N4O. The summed E-state index contributed by atoms with van der Waals surface area (Å²) in [4.78, 5) is 19.0. The van der Waals surface area contributed by atoms with Crippen LogP contribution in [0.25, 0.3) is 10.8 Å². The highest BCUT2D eigenvalue weighted by Gasteiger charge is 2.34. The molecule has 0 radical (unpaired) electrons. The summed E-state index contributed by atoms with van der Waals surface area (Å²) in [6, 6.07) is 18.5. The van der Waals surface area contributed by atoms with Gasteiger partial charge in [0.15, 0.2) is 0 Å². The number of rotatable bonds is 5. The van der Waals surface area contributed by atoms with Crippen LogP contribution in [0.15, 0.2) is 67.0 Å². The number of nitrogens with zero attached hydrogens (tertiary/aromatic N) is 2. The van der Waals surface area contributed by atoms with Crippen molar-refractivity contribution in [1.29, 1.82) is 0 Å². The molecule has 2 heterocycles. The second-order valence-electron chi connectivity index (χ2n) is 7.20. The number of pyridine rings is 1. The Morgan fingerprint density at radius 3 is 2.78 bits per heavy atom. The van der Waals surface area contributed by atoms with Gasteiger partial charge < -0.3 is 11.1 Å². The SMILES string of the molecule is N[C@@H]1C[C@@H](C(=O)NCc2cccnc2)N(Cc2ccc3ccccc3c2)C1. The summed E-state index contributed by atoms with van der Waals surface area (Å²) in [5, 5.41) is 5.48. The molecule has 0 aliphatic carbocycles. The van der Waals surface area contributed by atoms with Gasteiger partial charge >= 0.3 is 0 Å². The van der Waals surface area contributed by atoms with Gasteiger partial charge in [0.05, 0.1) is 6.04 Å². The zero-order valence-corrected chi connectivity index (χ0v) is 15.2. The molecule has 138 valence electrons. The normalized spacial score (nSPS) is 20.0. The van der Waals surface area contributed by atoms with Gasteiger partial charge in [-0.15, -0.1) is 0 Å². The third-order valence-corrected chi connectivity index (χ3v) is 5.13. The molecule has 2 aromatic carbocycles. The highest BCUT2D eigenvalue weighted by atomic mass is 16.2. The van der Waals surface area contributed by atoms with E-state index >= 15 is 0 Å². The van der Waals surface area contributed by atoms with E-state index < -0.39 is 0 Å². The van der Waals surface area contributed by atoms with Gasteiger partial charge in [0.2, 0.25) is 5.91 Å². The first-order valence-electron chi connectivity index (χ1n) is 9.33. The fourth-order valence-electron chi connectivity index (χ4n) is 3.77. The summed E-state index contributed by atoms with van der Waals surface area (Å²) in [5.74, 6) is 0.0348. The molecule has 1 aliphatic rings. The Hall–Kier alpha value is -2.76. The number of benzene rings is 2. The number of nitrogens with two attached hydrogens (primary N) is 1. The topological polar surface area (TPSA) is 71.2 Å². The van der Waals surface area contributed by atoms with E-state index in [0.29, 0.717) is 13.0 Å². The quantitative estimate of drug-likeness (QED) is 0.733. The molecule has 0 saturated carbocycles. The van der Waals surface area contributed by atoms with Crippen LogP contribution in [0, 0.1) is 0 Å². The number of aromatic nitrogens is 1. The number of amides is 1. The van der Waals surface area contributed by atoms with Crippen LogP contribution in [-0.4, -0.2) is 34.4 Å². The summed E-state index contributed by atoms with van der Waals surface area (Å²) >= 11 is 0. The van der Waals surface area contributed by atoms with Crippen molar-refractivity contribution in [3.63, 3.8) is 0 Å². The maximum Gasteiger partial charge on any atom is 0.237 e. The molecule has 1 amide bonds. The van der Waals surface area contributed by atoms with Gasteiger partial charge in [0.25, 0.3) is 0 Å². The Morgan fingerprint density at radius 2 is 1.96 bits per heavy atom. The summed E-state index contributed by atoms with van der Waals surface area (Å²) in [7, 11) is 0. The predicted molar refractivity (Wildman–Crippen MR) is 107 cm³/mol. The van der Waals surface area contributed by atoms with Crippen LogP contribution in [-0.2, 0) is 17.9 Å².